The van der Waals surface area contributed by atoms with E-state index in [-0.39, 0.29) is 6.03 Å². The van der Waals surface area contributed by atoms with Gasteiger partial charge in [0.15, 0.2) is 5.76 Å². The molecular formula is C15H21N5O2S. The summed E-state index contributed by atoms with van der Waals surface area (Å²) in [5, 5.41) is 8.67. The van der Waals surface area contributed by atoms with Crippen molar-refractivity contribution in [3.05, 3.63) is 28.2 Å². The second-order valence-corrected chi connectivity index (χ2v) is 6.98. The SMILES string of the molecule is Cc1cc(CN2CCN(C(=O)Nc3sc(C)nc3C)CC2)on1. The van der Waals surface area contributed by atoms with Gasteiger partial charge in [-0.1, -0.05) is 5.16 Å². The van der Waals surface area contributed by atoms with E-state index in [1.807, 2.05) is 31.7 Å². The van der Waals surface area contributed by atoms with Crippen molar-refractivity contribution in [1.29, 1.82) is 0 Å². The van der Waals surface area contributed by atoms with Gasteiger partial charge in [-0.3, -0.25) is 10.2 Å². The molecule has 1 aliphatic heterocycles. The molecule has 0 aliphatic carbocycles. The molecule has 1 aliphatic rings. The molecule has 2 aromatic heterocycles. The van der Waals surface area contributed by atoms with E-state index >= 15 is 0 Å². The molecule has 0 bridgehead atoms. The van der Waals surface area contributed by atoms with Crippen LogP contribution >= 0.6 is 11.3 Å². The normalized spacial score (nSPS) is 15.9. The van der Waals surface area contributed by atoms with Crippen LogP contribution in [0.3, 0.4) is 0 Å². The fourth-order valence-electron chi connectivity index (χ4n) is 2.64. The first-order chi connectivity index (χ1) is 11.0. The Morgan fingerprint density at radius 2 is 2.04 bits per heavy atom. The van der Waals surface area contributed by atoms with Crippen molar-refractivity contribution in [3.8, 4) is 0 Å². The highest BCUT2D eigenvalue weighted by Crippen LogP contribution is 2.23. The average Bonchev–Trinajstić information content (AvgIpc) is 3.05. The molecule has 0 aromatic carbocycles. The van der Waals surface area contributed by atoms with Gasteiger partial charge in [-0.15, -0.1) is 11.3 Å². The van der Waals surface area contributed by atoms with Crippen LogP contribution < -0.4 is 5.32 Å². The predicted molar refractivity (Wildman–Crippen MR) is 88.7 cm³/mol. The minimum absolute atomic E-state index is 0.0492. The number of carbonyl (C=O) groups is 1. The third kappa shape index (κ3) is 3.89. The first-order valence-corrected chi connectivity index (χ1v) is 8.47. The molecule has 0 unspecified atom stereocenters. The van der Waals surface area contributed by atoms with E-state index in [0.29, 0.717) is 13.1 Å². The Bertz CT molecular complexity index is 688. The number of nitrogens with zero attached hydrogens (tertiary/aromatic N) is 4. The van der Waals surface area contributed by atoms with E-state index in [2.05, 4.69) is 20.4 Å². The minimum Gasteiger partial charge on any atom is -0.360 e. The Kier molecular flexibility index (Phi) is 4.63. The molecule has 1 saturated heterocycles. The first kappa shape index (κ1) is 15.9. The Hall–Kier alpha value is -1.93. The van der Waals surface area contributed by atoms with Gasteiger partial charge in [-0.25, -0.2) is 9.78 Å². The zero-order valence-corrected chi connectivity index (χ0v) is 14.4. The van der Waals surface area contributed by atoms with Crippen LogP contribution in [0.2, 0.25) is 0 Å². The zero-order valence-electron chi connectivity index (χ0n) is 13.6. The number of carbonyl (C=O) groups excluding carboxylic acids is 1. The van der Waals surface area contributed by atoms with Crippen molar-refractivity contribution in [3.63, 3.8) is 0 Å². The maximum atomic E-state index is 12.3. The van der Waals surface area contributed by atoms with Crippen LogP contribution in [0.5, 0.6) is 0 Å². The van der Waals surface area contributed by atoms with Crippen molar-refractivity contribution in [2.24, 2.45) is 0 Å². The molecule has 8 heteroatoms. The lowest BCUT2D eigenvalue weighted by Gasteiger charge is -2.34. The molecule has 124 valence electrons. The van der Waals surface area contributed by atoms with E-state index in [9.17, 15) is 4.79 Å². The number of piperazine rings is 1. The number of hydrogen-bond donors (Lipinski definition) is 1. The number of hydrogen-bond acceptors (Lipinski definition) is 6. The second kappa shape index (κ2) is 6.67. The minimum atomic E-state index is -0.0492. The number of thiazole rings is 1. The highest BCUT2D eigenvalue weighted by Gasteiger charge is 2.22. The van der Waals surface area contributed by atoms with Gasteiger partial charge in [0.25, 0.3) is 0 Å². The monoisotopic (exact) mass is 335 g/mol. The molecular weight excluding hydrogens is 314 g/mol. The molecule has 0 saturated carbocycles. The maximum absolute atomic E-state index is 12.3. The number of aryl methyl sites for hydroxylation is 3. The van der Waals surface area contributed by atoms with E-state index in [1.54, 1.807) is 0 Å². The molecule has 0 radical (unpaired) electrons. The van der Waals surface area contributed by atoms with Crippen molar-refractivity contribution in [2.75, 3.05) is 31.5 Å². The van der Waals surface area contributed by atoms with Crippen LogP contribution in [0, 0.1) is 20.8 Å². The van der Waals surface area contributed by atoms with Gasteiger partial charge in [0.05, 0.1) is 22.9 Å². The van der Waals surface area contributed by atoms with Crippen LogP contribution in [0.25, 0.3) is 0 Å². The maximum Gasteiger partial charge on any atom is 0.322 e. The Balaban J connectivity index is 1.50. The lowest BCUT2D eigenvalue weighted by molar-refractivity contribution is 0.134. The lowest BCUT2D eigenvalue weighted by Crippen LogP contribution is -2.49. The molecule has 3 rings (SSSR count). The summed E-state index contributed by atoms with van der Waals surface area (Å²) in [5.74, 6) is 0.871. The number of urea groups is 1. The molecule has 2 aromatic rings. The zero-order chi connectivity index (χ0) is 16.4. The summed E-state index contributed by atoms with van der Waals surface area (Å²) in [7, 11) is 0. The number of aromatic nitrogens is 2. The van der Waals surface area contributed by atoms with Gasteiger partial charge in [-0.05, 0) is 20.8 Å². The van der Waals surface area contributed by atoms with Crippen molar-refractivity contribution in [2.45, 2.75) is 27.3 Å². The third-order valence-corrected chi connectivity index (χ3v) is 4.83. The summed E-state index contributed by atoms with van der Waals surface area (Å²) in [6, 6.07) is 1.90. The average molecular weight is 335 g/mol. The highest BCUT2D eigenvalue weighted by atomic mass is 32.1. The van der Waals surface area contributed by atoms with E-state index < -0.39 is 0 Å². The summed E-state index contributed by atoms with van der Waals surface area (Å²) < 4.78 is 5.25. The summed E-state index contributed by atoms with van der Waals surface area (Å²) in [6.07, 6.45) is 0. The van der Waals surface area contributed by atoms with Crippen molar-refractivity contribution >= 4 is 22.4 Å². The number of anilines is 1. The van der Waals surface area contributed by atoms with Gasteiger partial charge in [0.2, 0.25) is 0 Å². The van der Waals surface area contributed by atoms with Gasteiger partial charge < -0.3 is 9.42 Å². The van der Waals surface area contributed by atoms with Crippen LogP contribution in [-0.2, 0) is 6.54 Å². The molecule has 1 N–H and O–H groups in total. The number of rotatable bonds is 3. The molecule has 23 heavy (non-hydrogen) atoms. The van der Waals surface area contributed by atoms with E-state index in [1.165, 1.54) is 11.3 Å². The third-order valence-electron chi connectivity index (χ3n) is 3.84. The van der Waals surface area contributed by atoms with Crippen molar-refractivity contribution < 1.29 is 9.32 Å². The van der Waals surface area contributed by atoms with Crippen LogP contribution in [0.1, 0.15) is 22.2 Å². The summed E-state index contributed by atoms with van der Waals surface area (Å²) in [5.41, 5.74) is 1.77. The Labute approximate surface area is 139 Å². The van der Waals surface area contributed by atoms with E-state index in [4.69, 9.17) is 4.52 Å². The Morgan fingerprint density at radius 1 is 1.30 bits per heavy atom. The number of nitrogens with one attached hydrogen (secondary N) is 1. The van der Waals surface area contributed by atoms with Gasteiger partial charge in [0.1, 0.15) is 5.00 Å². The van der Waals surface area contributed by atoms with Gasteiger partial charge in [0, 0.05) is 32.2 Å². The molecule has 7 nitrogen and oxygen atoms in total. The van der Waals surface area contributed by atoms with Crippen molar-refractivity contribution in [1.82, 2.24) is 19.9 Å². The molecule has 1 fully saturated rings. The van der Waals surface area contributed by atoms with Crippen LogP contribution in [-0.4, -0.2) is 52.2 Å². The van der Waals surface area contributed by atoms with Gasteiger partial charge >= 0.3 is 6.03 Å². The van der Waals surface area contributed by atoms with E-state index in [0.717, 1.165) is 46.8 Å². The fourth-order valence-corrected chi connectivity index (χ4v) is 3.45. The predicted octanol–water partition coefficient (Wildman–Crippen LogP) is 2.41. The Morgan fingerprint density at radius 3 is 2.61 bits per heavy atom. The fraction of sp³-hybridized carbons (Fsp3) is 0.533. The van der Waals surface area contributed by atoms with Gasteiger partial charge in [-0.2, -0.15) is 0 Å². The smallest absolute Gasteiger partial charge is 0.322 e. The number of amides is 2. The molecule has 0 atom stereocenters. The molecule has 0 spiro atoms. The quantitative estimate of drug-likeness (QED) is 0.932. The molecule has 3 heterocycles. The topological polar surface area (TPSA) is 74.5 Å². The first-order valence-electron chi connectivity index (χ1n) is 7.66. The largest absolute Gasteiger partial charge is 0.360 e. The summed E-state index contributed by atoms with van der Waals surface area (Å²) in [4.78, 5) is 20.8. The standard InChI is InChI=1S/C15H21N5O2S/c1-10-8-13(22-18-10)9-19-4-6-20(7-5-19)15(21)17-14-11(2)16-12(3)23-14/h8H,4-7,9H2,1-3H3,(H,17,21). The lowest BCUT2D eigenvalue weighted by atomic mass is 10.3. The second-order valence-electron chi connectivity index (χ2n) is 5.78. The molecule has 2 amide bonds. The highest BCUT2D eigenvalue weighted by molar-refractivity contribution is 7.16. The summed E-state index contributed by atoms with van der Waals surface area (Å²) in [6.45, 7) is 9.57. The van der Waals surface area contributed by atoms with Crippen LogP contribution in [0.4, 0.5) is 9.80 Å². The summed E-state index contributed by atoms with van der Waals surface area (Å²) >= 11 is 1.51. The van der Waals surface area contributed by atoms with Crippen LogP contribution in [0.15, 0.2) is 10.6 Å².